The number of carboxylic acid groups (broad SMARTS) is 1. The number of hydrogen-bond donors (Lipinski definition) is 3. The first kappa shape index (κ1) is 16.4. The summed E-state index contributed by atoms with van der Waals surface area (Å²) in [7, 11) is -4.28. The molecule has 0 atom stereocenters. The summed E-state index contributed by atoms with van der Waals surface area (Å²) in [6.07, 6.45) is -4.64. The highest BCUT2D eigenvalue weighted by molar-refractivity contribution is 7.87. The Morgan fingerprint density at radius 3 is 2.15 bits per heavy atom. The van der Waals surface area contributed by atoms with Gasteiger partial charge in [0.2, 0.25) is 0 Å². The molecule has 1 rings (SSSR count). The highest BCUT2D eigenvalue weighted by Crippen LogP contribution is 2.12. The van der Waals surface area contributed by atoms with E-state index in [4.69, 9.17) is 5.11 Å². The van der Waals surface area contributed by atoms with E-state index in [9.17, 15) is 26.4 Å². The van der Waals surface area contributed by atoms with E-state index in [-0.39, 0.29) is 12.1 Å². The maximum atomic E-state index is 11.9. The van der Waals surface area contributed by atoms with Crippen LogP contribution >= 0.6 is 0 Å². The number of hydrogen-bond acceptors (Lipinski definition) is 3. The second-order valence-electron chi connectivity index (χ2n) is 3.76. The molecule has 0 aliphatic rings. The molecule has 0 unspecified atom stereocenters. The molecule has 0 amide bonds. The van der Waals surface area contributed by atoms with Crippen molar-refractivity contribution in [2.24, 2.45) is 0 Å². The smallest absolute Gasteiger partial charge is 0.402 e. The van der Waals surface area contributed by atoms with Crippen molar-refractivity contribution >= 4 is 16.2 Å². The lowest BCUT2D eigenvalue weighted by molar-refractivity contribution is -0.121. The molecular weight excluding hydrogens is 301 g/mol. The van der Waals surface area contributed by atoms with Crippen molar-refractivity contribution in [1.29, 1.82) is 0 Å². The zero-order chi connectivity index (χ0) is 15.4. The molecule has 0 heterocycles. The summed E-state index contributed by atoms with van der Waals surface area (Å²) in [6, 6.07) is 5.23. The highest BCUT2D eigenvalue weighted by atomic mass is 32.2. The topological polar surface area (TPSA) is 95.5 Å². The summed E-state index contributed by atoms with van der Waals surface area (Å²) in [5.74, 6) is -1.14. The van der Waals surface area contributed by atoms with Gasteiger partial charge in [-0.05, 0) is 17.7 Å². The van der Waals surface area contributed by atoms with Crippen LogP contribution in [0.5, 0.6) is 0 Å². The third kappa shape index (κ3) is 5.99. The van der Waals surface area contributed by atoms with Gasteiger partial charge in [0.25, 0.3) is 10.2 Å². The number of halogens is 3. The summed E-state index contributed by atoms with van der Waals surface area (Å²) < 4.78 is 61.2. The minimum Gasteiger partial charge on any atom is -0.478 e. The minimum absolute atomic E-state index is 0.0202. The van der Waals surface area contributed by atoms with Crippen LogP contribution in [0.15, 0.2) is 24.3 Å². The van der Waals surface area contributed by atoms with Crippen LogP contribution in [0.25, 0.3) is 0 Å². The average Bonchev–Trinajstić information content (AvgIpc) is 2.34. The number of carbonyl (C=O) groups is 1. The lowest BCUT2D eigenvalue weighted by atomic mass is 10.1. The highest BCUT2D eigenvalue weighted by Gasteiger charge is 2.29. The normalized spacial score (nSPS) is 12.3. The fourth-order valence-corrected chi connectivity index (χ4v) is 1.98. The Hall–Kier alpha value is -1.65. The Morgan fingerprint density at radius 1 is 1.15 bits per heavy atom. The van der Waals surface area contributed by atoms with Gasteiger partial charge in [-0.15, -0.1) is 0 Å². The summed E-state index contributed by atoms with van der Waals surface area (Å²) in [4.78, 5) is 10.6. The Bertz CT molecular complexity index is 569. The van der Waals surface area contributed by atoms with Crippen LogP contribution in [-0.2, 0) is 16.8 Å². The van der Waals surface area contributed by atoms with Crippen molar-refractivity contribution in [2.75, 3.05) is 6.54 Å². The van der Waals surface area contributed by atoms with Crippen LogP contribution in [0.3, 0.4) is 0 Å². The zero-order valence-electron chi connectivity index (χ0n) is 9.94. The van der Waals surface area contributed by atoms with Crippen molar-refractivity contribution in [1.82, 2.24) is 9.44 Å². The number of benzene rings is 1. The molecule has 20 heavy (non-hydrogen) atoms. The van der Waals surface area contributed by atoms with E-state index in [0.717, 1.165) is 0 Å². The van der Waals surface area contributed by atoms with Gasteiger partial charge in [0.05, 0.1) is 5.56 Å². The number of carboxylic acids is 1. The summed E-state index contributed by atoms with van der Waals surface area (Å²) >= 11 is 0. The molecule has 0 radical (unpaired) electrons. The summed E-state index contributed by atoms with van der Waals surface area (Å²) in [6.45, 7) is -1.92. The number of nitrogens with one attached hydrogen (secondary N) is 2. The predicted molar refractivity (Wildman–Crippen MR) is 63.2 cm³/mol. The van der Waals surface area contributed by atoms with Crippen molar-refractivity contribution in [3.63, 3.8) is 0 Å². The van der Waals surface area contributed by atoms with Crippen LogP contribution in [0.2, 0.25) is 0 Å². The van der Waals surface area contributed by atoms with Crippen LogP contribution in [0.4, 0.5) is 13.2 Å². The molecule has 10 heteroatoms. The fraction of sp³-hybridized carbons (Fsp3) is 0.300. The molecule has 0 saturated carbocycles. The van der Waals surface area contributed by atoms with Gasteiger partial charge in [0.15, 0.2) is 0 Å². The maximum Gasteiger partial charge on any atom is 0.402 e. The van der Waals surface area contributed by atoms with Gasteiger partial charge in [0.1, 0.15) is 6.54 Å². The molecule has 112 valence electrons. The molecule has 3 N–H and O–H groups in total. The molecule has 0 spiro atoms. The van der Waals surface area contributed by atoms with Gasteiger partial charge in [-0.2, -0.15) is 31.0 Å². The third-order valence-electron chi connectivity index (χ3n) is 2.13. The van der Waals surface area contributed by atoms with Crippen LogP contribution in [0, 0.1) is 0 Å². The first-order chi connectivity index (χ1) is 9.09. The fourth-order valence-electron chi connectivity index (χ4n) is 1.17. The maximum absolute atomic E-state index is 11.9. The van der Waals surface area contributed by atoms with Gasteiger partial charge < -0.3 is 5.11 Å². The van der Waals surface area contributed by atoms with E-state index in [1.54, 1.807) is 0 Å². The van der Waals surface area contributed by atoms with Gasteiger partial charge in [-0.3, -0.25) is 0 Å². The van der Waals surface area contributed by atoms with Crippen LogP contribution in [0.1, 0.15) is 15.9 Å². The van der Waals surface area contributed by atoms with Crippen molar-refractivity contribution in [3.8, 4) is 0 Å². The van der Waals surface area contributed by atoms with Crippen molar-refractivity contribution in [3.05, 3.63) is 35.4 Å². The standard InChI is InChI=1S/C10H11F3N2O4S/c11-10(12,13)6-15-20(18,19)14-5-7-1-3-8(4-2-7)9(16)17/h1-4,14-15H,5-6H2,(H,16,17). The predicted octanol–water partition coefficient (Wildman–Crippen LogP) is 0.871. The molecular formula is C10H11F3N2O4S. The molecule has 0 fully saturated rings. The van der Waals surface area contributed by atoms with Crippen LogP contribution in [-0.4, -0.2) is 32.2 Å². The minimum atomic E-state index is -4.64. The average molecular weight is 312 g/mol. The van der Waals surface area contributed by atoms with E-state index in [2.05, 4.69) is 0 Å². The second kappa shape index (κ2) is 6.20. The van der Waals surface area contributed by atoms with Gasteiger partial charge >= 0.3 is 12.1 Å². The molecule has 0 saturated heterocycles. The van der Waals surface area contributed by atoms with Crippen molar-refractivity contribution in [2.45, 2.75) is 12.7 Å². The summed E-state index contributed by atoms with van der Waals surface area (Å²) in [5.41, 5.74) is 0.430. The molecule has 0 bridgehead atoms. The Morgan fingerprint density at radius 2 is 1.70 bits per heavy atom. The quantitative estimate of drug-likeness (QED) is 0.726. The monoisotopic (exact) mass is 312 g/mol. The van der Waals surface area contributed by atoms with E-state index in [0.29, 0.717) is 5.56 Å². The molecule has 1 aromatic rings. The molecule has 6 nitrogen and oxygen atoms in total. The Labute approximate surface area is 112 Å². The molecule has 0 aliphatic heterocycles. The Balaban J connectivity index is 2.56. The first-order valence-corrected chi connectivity index (χ1v) is 6.71. The zero-order valence-corrected chi connectivity index (χ0v) is 10.8. The second-order valence-corrected chi connectivity index (χ2v) is 5.35. The van der Waals surface area contributed by atoms with Gasteiger partial charge in [-0.1, -0.05) is 12.1 Å². The van der Waals surface area contributed by atoms with Crippen LogP contribution < -0.4 is 9.44 Å². The largest absolute Gasteiger partial charge is 0.478 e. The first-order valence-electron chi connectivity index (χ1n) is 5.22. The number of rotatable bonds is 6. The SMILES string of the molecule is O=C(O)c1ccc(CNS(=O)(=O)NCC(F)(F)F)cc1. The lowest BCUT2D eigenvalue weighted by Gasteiger charge is -2.10. The van der Waals surface area contributed by atoms with Gasteiger partial charge in [0, 0.05) is 6.54 Å². The Kier molecular flexibility index (Phi) is 5.09. The van der Waals surface area contributed by atoms with E-state index >= 15 is 0 Å². The number of alkyl halides is 3. The van der Waals surface area contributed by atoms with Gasteiger partial charge in [-0.25, -0.2) is 4.79 Å². The molecule has 0 aromatic heterocycles. The van der Waals surface area contributed by atoms with E-state index < -0.39 is 28.9 Å². The third-order valence-corrected chi connectivity index (χ3v) is 3.18. The van der Waals surface area contributed by atoms with E-state index in [1.807, 2.05) is 4.72 Å². The van der Waals surface area contributed by atoms with E-state index in [1.165, 1.54) is 29.0 Å². The summed E-state index contributed by atoms with van der Waals surface area (Å²) in [5, 5.41) is 8.65. The molecule has 1 aromatic carbocycles. The molecule has 0 aliphatic carbocycles. The lowest BCUT2D eigenvalue weighted by Crippen LogP contribution is -2.41. The number of aromatic carboxylic acids is 1. The van der Waals surface area contributed by atoms with Crippen molar-refractivity contribution < 1.29 is 31.5 Å².